The van der Waals surface area contributed by atoms with Gasteiger partial charge in [0.2, 0.25) is 0 Å². The normalized spacial score (nSPS) is 11.4. The van der Waals surface area contributed by atoms with Crippen LogP contribution >= 0.6 is 12.4 Å². The fraction of sp³-hybridized carbons (Fsp3) is 0.393. The molecule has 2 amide bonds. The topological polar surface area (TPSA) is 130 Å². The molecule has 0 radical (unpaired) electrons. The molecule has 0 bridgehead atoms. The summed E-state index contributed by atoms with van der Waals surface area (Å²) < 4.78 is 10.9. The molecule has 2 aromatic carbocycles. The predicted molar refractivity (Wildman–Crippen MR) is 148 cm³/mol. The van der Waals surface area contributed by atoms with E-state index in [1.54, 1.807) is 6.07 Å². The van der Waals surface area contributed by atoms with E-state index in [2.05, 4.69) is 16.0 Å². The lowest BCUT2D eigenvalue weighted by molar-refractivity contribution is -0.137. The van der Waals surface area contributed by atoms with Crippen LogP contribution in [0.15, 0.2) is 65.1 Å². The van der Waals surface area contributed by atoms with Crippen molar-refractivity contribution in [1.29, 1.82) is 0 Å². The van der Waals surface area contributed by atoms with Gasteiger partial charge in [-0.2, -0.15) is 0 Å². The fourth-order valence-corrected chi connectivity index (χ4v) is 3.87. The van der Waals surface area contributed by atoms with Crippen LogP contribution in [-0.2, 0) is 16.1 Å². The van der Waals surface area contributed by atoms with E-state index < -0.39 is 12.1 Å². The zero-order chi connectivity index (χ0) is 26.3. The number of carbonyl (C=O) groups is 3. The summed E-state index contributed by atoms with van der Waals surface area (Å²) in [5.74, 6) is -0.818. The van der Waals surface area contributed by atoms with Gasteiger partial charge in [0.05, 0.1) is 0 Å². The van der Waals surface area contributed by atoms with Gasteiger partial charge in [0.1, 0.15) is 12.2 Å². The van der Waals surface area contributed by atoms with Crippen molar-refractivity contribution in [3.05, 3.63) is 72.0 Å². The maximum absolute atomic E-state index is 12.8. The van der Waals surface area contributed by atoms with Crippen molar-refractivity contribution >= 4 is 41.3 Å². The number of carbonyl (C=O) groups excluding carboxylic acids is 2. The van der Waals surface area contributed by atoms with Gasteiger partial charge in [-0.1, -0.05) is 55.0 Å². The maximum atomic E-state index is 12.8. The van der Waals surface area contributed by atoms with E-state index in [0.717, 1.165) is 30.3 Å². The van der Waals surface area contributed by atoms with Crippen LogP contribution in [-0.4, -0.2) is 48.8 Å². The van der Waals surface area contributed by atoms with Gasteiger partial charge in [-0.25, -0.2) is 4.79 Å². The van der Waals surface area contributed by atoms with E-state index in [9.17, 15) is 14.4 Å². The van der Waals surface area contributed by atoms with Crippen molar-refractivity contribution in [3.8, 4) is 0 Å². The van der Waals surface area contributed by atoms with Gasteiger partial charge in [0.15, 0.2) is 5.76 Å². The van der Waals surface area contributed by atoms with Gasteiger partial charge in [0.25, 0.3) is 5.91 Å². The highest BCUT2D eigenvalue weighted by atomic mass is 35.5. The standard InChI is InChI=1S/C28H35N3O6.ClH/c32-26(33)15-5-2-8-16-29-19-23(31-27(34)25-18-22-12-6-7-14-24(22)37-25)13-9-17-30-28(35)36-20-21-10-3-1-4-11-21;/h1,3-4,6-7,10-12,14,18,23,29H,2,5,8-9,13,15-17,19-20H2,(H,30,35)(H,31,34)(H,32,33);1H/t23-;/m1./s1. The molecule has 4 N–H and O–H groups in total. The third-order valence-corrected chi connectivity index (χ3v) is 5.83. The largest absolute Gasteiger partial charge is 0.481 e. The van der Waals surface area contributed by atoms with Crippen molar-refractivity contribution in [2.45, 2.75) is 51.2 Å². The summed E-state index contributed by atoms with van der Waals surface area (Å²) in [6, 6.07) is 18.5. The first-order valence-electron chi connectivity index (χ1n) is 12.7. The number of hydrogen-bond donors (Lipinski definition) is 4. The minimum absolute atomic E-state index is 0. The highest BCUT2D eigenvalue weighted by Crippen LogP contribution is 2.18. The van der Waals surface area contributed by atoms with Gasteiger partial charge >= 0.3 is 12.1 Å². The minimum Gasteiger partial charge on any atom is -0.481 e. The summed E-state index contributed by atoms with van der Waals surface area (Å²) in [6.07, 6.45) is 3.30. The zero-order valence-electron chi connectivity index (χ0n) is 21.3. The summed E-state index contributed by atoms with van der Waals surface area (Å²) in [6.45, 7) is 1.89. The number of alkyl carbamates (subject to hydrolysis) is 1. The molecule has 0 aliphatic rings. The molecule has 0 spiro atoms. The average Bonchev–Trinajstić information content (AvgIpc) is 3.34. The van der Waals surface area contributed by atoms with Gasteiger partial charge in [-0.3, -0.25) is 9.59 Å². The Morgan fingerprint density at radius 2 is 1.68 bits per heavy atom. The molecule has 0 saturated carbocycles. The molecule has 10 heteroatoms. The van der Waals surface area contributed by atoms with Crippen molar-refractivity contribution < 1.29 is 28.6 Å². The Labute approximate surface area is 228 Å². The number of unbranched alkanes of at least 4 members (excludes halogenated alkanes) is 2. The first kappa shape index (κ1) is 30.7. The quantitative estimate of drug-likeness (QED) is 0.188. The lowest BCUT2D eigenvalue weighted by Crippen LogP contribution is -2.42. The molecule has 206 valence electrons. The summed E-state index contributed by atoms with van der Waals surface area (Å²) >= 11 is 0. The second-order valence-electron chi connectivity index (χ2n) is 8.86. The molecular formula is C28H36ClN3O6. The highest BCUT2D eigenvalue weighted by molar-refractivity contribution is 5.96. The van der Waals surface area contributed by atoms with Crippen LogP contribution in [0.4, 0.5) is 4.79 Å². The SMILES string of the molecule is Cl.O=C(O)CCCCCNC[C@@H](CCCNC(=O)OCc1ccccc1)NC(=O)c1cc2ccccc2o1. The van der Waals surface area contributed by atoms with Gasteiger partial charge < -0.3 is 30.2 Å². The summed E-state index contributed by atoms with van der Waals surface area (Å²) in [5.41, 5.74) is 1.57. The molecule has 38 heavy (non-hydrogen) atoms. The van der Waals surface area contributed by atoms with Crippen LogP contribution in [0.5, 0.6) is 0 Å². The van der Waals surface area contributed by atoms with Crippen LogP contribution < -0.4 is 16.0 Å². The van der Waals surface area contributed by atoms with E-state index >= 15 is 0 Å². The number of nitrogens with one attached hydrogen (secondary N) is 3. The number of ether oxygens (including phenoxy) is 1. The first-order valence-corrected chi connectivity index (χ1v) is 12.7. The lowest BCUT2D eigenvalue weighted by Gasteiger charge is -2.19. The third kappa shape index (κ3) is 11.2. The zero-order valence-corrected chi connectivity index (χ0v) is 22.1. The van der Waals surface area contributed by atoms with E-state index in [1.807, 2.05) is 54.6 Å². The number of rotatable bonds is 16. The Morgan fingerprint density at radius 1 is 0.921 bits per heavy atom. The van der Waals surface area contributed by atoms with Gasteiger partial charge in [0, 0.05) is 30.9 Å². The lowest BCUT2D eigenvalue weighted by atomic mass is 10.1. The van der Waals surface area contributed by atoms with Crippen molar-refractivity contribution in [3.63, 3.8) is 0 Å². The van der Waals surface area contributed by atoms with E-state index in [0.29, 0.717) is 37.9 Å². The molecule has 0 unspecified atom stereocenters. The van der Waals surface area contributed by atoms with E-state index in [4.69, 9.17) is 14.3 Å². The second kappa shape index (κ2) is 17.0. The Bertz CT molecular complexity index is 1100. The van der Waals surface area contributed by atoms with Crippen LogP contribution in [0, 0.1) is 0 Å². The number of hydrogen-bond acceptors (Lipinski definition) is 6. The molecule has 0 fully saturated rings. The number of amides is 2. The molecule has 0 saturated heterocycles. The number of benzene rings is 2. The second-order valence-corrected chi connectivity index (χ2v) is 8.86. The molecule has 0 aliphatic heterocycles. The van der Waals surface area contributed by atoms with Crippen LogP contribution in [0.25, 0.3) is 11.0 Å². The molecule has 9 nitrogen and oxygen atoms in total. The summed E-state index contributed by atoms with van der Waals surface area (Å²) in [5, 5.41) is 18.7. The number of fused-ring (bicyclic) bond motifs is 1. The number of furan rings is 1. The fourth-order valence-electron chi connectivity index (χ4n) is 3.87. The van der Waals surface area contributed by atoms with E-state index in [-0.39, 0.29) is 43.1 Å². The number of carboxylic acids is 1. The highest BCUT2D eigenvalue weighted by Gasteiger charge is 2.17. The Hall–Kier alpha value is -3.56. The average molecular weight is 546 g/mol. The Morgan fingerprint density at radius 3 is 2.45 bits per heavy atom. The van der Waals surface area contributed by atoms with Gasteiger partial charge in [-0.15, -0.1) is 12.4 Å². The Kier molecular flexibility index (Phi) is 13.8. The van der Waals surface area contributed by atoms with Crippen molar-refractivity contribution in [2.24, 2.45) is 0 Å². The minimum atomic E-state index is -0.779. The Balaban J connectivity index is 0.00000507. The monoisotopic (exact) mass is 545 g/mol. The van der Waals surface area contributed by atoms with E-state index in [1.165, 1.54) is 0 Å². The molecule has 1 atom stereocenters. The predicted octanol–water partition coefficient (Wildman–Crippen LogP) is 4.89. The first-order chi connectivity index (χ1) is 18.0. The van der Waals surface area contributed by atoms with Gasteiger partial charge in [-0.05, 0) is 49.9 Å². The van der Waals surface area contributed by atoms with Crippen LogP contribution in [0.1, 0.15) is 54.6 Å². The number of halogens is 1. The smallest absolute Gasteiger partial charge is 0.407 e. The van der Waals surface area contributed by atoms with Crippen molar-refractivity contribution in [2.75, 3.05) is 19.6 Å². The number of aliphatic carboxylic acids is 1. The third-order valence-electron chi connectivity index (χ3n) is 5.83. The number of para-hydroxylation sites is 1. The summed E-state index contributed by atoms with van der Waals surface area (Å²) in [7, 11) is 0. The maximum Gasteiger partial charge on any atom is 0.407 e. The molecule has 1 aromatic heterocycles. The van der Waals surface area contributed by atoms with Crippen molar-refractivity contribution in [1.82, 2.24) is 16.0 Å². The summed E-state index contributed by atoms with van der Waals surface area (Å²) in [4.78, 5) is 35.5. The number of carboxylic acid groups (broad SMARTS) is 1. The van der Waals surface area contributed by atoms with Crippen LogP contribution in [0.2, 0.25) is 0 Å². The molecular weight excluding hydrogens is 510 g/mol. The molecule has 3 aromatic rings. The van der Waals surface area contributed by atoms with Crippen LogP contribution in [0.3, 0.4) is 0 Å². The molecule has 3 rings (SSSR count). The molecule has 0 aliphatic carbocycles. The molecule has 1 heterocycles.